The number of nitrogens with one attached hydrogen (secondary N) is 1. The van der Waals surface area contributed by atoms with Gasteiger partial charge in [-0.3, -0.25) is 9.69 Å². The Balaban J connectivity index is 1.54. The molecule has 1 N–H and O–H groups in total. The molecule has 3 rings (SSSR count). The molecule has 1 saturated carbocycles. The predicted molar refractivity (Wildman–Crippen MR) is 66.3 cm³/mol. The van der Waals surface area contributed by atoms with Gasteiger partial charge in [-0.25, -0.2) is 0 Å². The first-order valence-corrected chi connectivity index (χ1v) is 7.04. The lowest BCUT2D eigenvalue weighted by Crippen LogP contribution is -2.55. The van der Waals surface area contributed by atoms with Crippen molar-refractivity contribution in [3.63, 3.8) is 0 Å². The van der Waals surface area contributed by atoms with Crippen molar-refractivity contribution in [2.24, 2.45) is 5.92 Å². The van der Waals surface area contributed by atoms with Gasteiger partial charge in [0.15, 0.2) is 0 Å². The summed E-state index contributed by atoms with van der Waals surface area (Å²) in [5.41, 5.74) is 0. The van der Waals surface area contributed by atoms with Gasteiger partial charge in [0.2, 0.25) is 5.91 Å². The van der Waals surface area contributed by atoms with Gasteiger partial charge in [0.05, 0.1) is 38.5 Å². The van der Waals surface area contributed by atoms with Crippen LogP contribution in [0.1, 0.15) is 19.3 Å². The van der Waals surface area contributed by atoms with E-state index < -0.39 is 0 Å². The Morgan fingerprint density at radius 3 is 2.56 bits per heavy atom. The van der Waals surface area contributed by atoms with Crippen molar-refractivity contribution >= 4 is 5.91 Å². The summed E-state index contributed by atoms with van der Waals surface area (Å²) in [6.45, 7) is 4.86. The van der Waals surface area contributed by atoms with E-state index in [1.807, 2.05) is 0 Å². The molecular weight excluding hydrogens is 232 g/mol. The van der Waals surface area contributed by atoms with Gasteiger partial charge in [0.1, 0.15) is 0 Å². The van der Waals surface area contributed by atoms with Gasteiger partial charge in [-0.2, -0.15) is 0 Å². The maximum Gasteiger partial charge on any atom is 0.223 e. The SMILES string of the molecule is O=C(N[C@H]1COC[C@@H]1N1CCOCC1)C1CCC1. The highest BCUT2D eigenvalue weighted by molar-refractivity contribution is 5.79. The van der Waals surface area contributed by atoms with E-state index in [-0.39, 0.29) is 17.9 Å². The number of carbonyl (C=O) groups is 1. The van der Waals surface area contributed by atoms with Crippen LogP contribution in [0.3, 0.4) is 0 Å². The van der Waals surface area contributed by atoms with Crippen molar-refractivity contribution < 1.29 is 14.3 Å². The first-order valence-electron chi connectivity index (χ1n) is 7.04. The van der Waals surface area contributed by atoms with E-state index in [2.05, 4.69) is 10.2 Å². The van der Waals surface area contributed by atoms with Crippen LogP contribution >= 0.6 is 0 Å². The average Bonchev–Trinajstić information content (AvgIpc) is 2.76. The van der Waals surface area contributed by atoms with Gasteiger partial charge in [-0.1, -0.05) is 6.42 Å². The second kappa shape index (κ2) is 5.55. The van der Waals surface area contributed by atoms with E-state index >= 15 is 0 Å². The smallest absolute Gasteiger partial charge is 0.223 e. The van der Waals surface area contributed by atoms with Crippen molar-refractivity contribution in [2.45, 2.75) is 31.3 Å². The van der Waals surface area contributed by atoms with Gasteiger partial charge in [-0.05, 0) is 12.8 Å². The molecule has 3 aliphatic rings. The molecule has 0 bridgehead atoms. The third-order valence-electron chi connectivity index (χ3n) is 4.37. The zero-order valence-corrected chi connectivity index (χ0v) is 10.8. The molecule has 102 valence electrons. The lowest BCUT2D eigenvalue weighted by Gasteiger charge is -2.35. The van der Waals surface area contributed by atoms with E-state index in [0.717, 1.165) is 45.8 Å². The lowest BCUT2D eigenvalue weighted by molar-refractivity contribution is -0.128. The molecule has 0 aromatic carbocycles. The molecular formula is C13H22N2O3. The molecule has 0 aromatic heterocycles. The number of ether oxygens (including phenoxy) is 2. The molecule has 5 nitrogen and oxygen atoms in total. The summed E-state index contributed by atoms with van der Waals surface area (Å²) in [5.74, 6) is 0.492. The largest absolute Gasteiger partial charge is 0.379 e. The van der Waals surface area contributed by atoms with Crippen LogP contribution in [0.2, 0.25) is 0 Å². The average molecular weight is 254 g/mol. The second-order valence-corrected chi connectivity index (χ2v) is 5.50. The van der Waals surface area contributed by atoms with E-state index in [1.54, 1.807) is 0 Å². The topological polar surface area (TPSA) is 50.8 Å². The molecule has 3 fully saturated rings. The summed E-state index contributed by atoms with van der Waals surface area (Å²) in [6.07, 6.45) is 3.31. The molecule has 2 saturated heterocycles. The van der Waals surface area contributed by atoms with Crippen molar-refractivity contribution in [1.82, 2.24) is 10.2 Å². The summed E-state index contributed by atoms with van der Waals surface area (Å²) >= 11 is 0. The summed E-state index contributed by atoms with van der Waals surface area (Å²) in [5, 5.41) is 3.18. The standard InChI is InChI=1S/C13H22N2O3/c16-13(10-2-1-3-10)14-11-8-18-9-12(11)15-4-6-17-7-5-15/h10-12H,1-9H2,(H,14,16)/t11-,12-/m0/s1. The number of hydrogen-bond donors (Lipinski definition) is 1. The minimum Gasteiger partial charge on any atom is -0.379 e. The Morgan fingerprint density at radius 2 is 1.89 bits per heavy atom. The van der Waals surface area contributed by atoms with Crippen LogP contribution < -0.4 is 5.32 Å². The van der Waals surface area contributed by atoms with E-state index in [0.29, 0.717) is 12.6 Å². The molecule has 2 aliphatic heterocycles. The van der Waals surface area contributed by atoms with Crippen molar-refractivity contribution in [3.05, 3.63) is 0 Å². The first-order chi connectivity index (χ1) is 8.84. The van der Waals surface area contributed by atoms with E-state index in [9.17, 15) is 4.79 Å². The maximum atomic E-state index is 12.0. The van der Waals surface area contributed by atoms with Crippen molar-refractivity contribution in [2.75, 3.05) is 39.5 Å². The Kier molecular flexibility index (Phi) is 3.82. The number of amides is 1. The highest BCUT2D eigenvalue weighted by Crippen LogP contribution is 2.27. The first kappa shape index (κ1) is 12.4. The lowest BCUT2D eigenvalue weighted by atomic mass is 9.84. The summed E-state index contributed by atoms with van der Waals surface area (Å²) in [7, 11) is 0. The predicted octanol–water partition coefficient (Wildman–Crippen LogP) is 0.00230. The van der Waals surface area contributed by atoms with Crippen molar-refractivity contribution in [3.8, 4) is 0 Å². The van der Waals surface area contributed by atoms with Crippen molar-refractivity contribution in [1.29, 1.82) is 0 Å². The molecule has 0 aromatic rings. The Bertz CT molecular complexity index is 301. The van der Waals surface area contributed by atoms with Gasteiger partial charge in [-0.15, -0.1) is 0 Å². The van der Waals surface area contributed by atoms with E-state index in [1.165, 1.54) is 6.42 Å². The number of carbonyl (C=O) groups excluding carboxylic acids is 1. The quantitative estimate of drug-likeness (QED) is 0.770. The molecule has 1 amide bonds. The number of rotatable bonds is 3. The number of hydrogen-bond acceptors (Lipinski definition) is 4. The molecule has 1 aliphatic carbocycles. The maximum absolute atomic E-state index is 12.0. The summed E-state index contributed by atoms with van der Waals surface area (Å²) < 4.78 is 10.9. The summed E-state index contributed by atoms with van der Waals surface area (Å²) in [6, 6.07) is 0.495. The fraction of sp³-hybridized carbons (Fsp3) is 0.923. The Hall–Kier alpha value is -0.650. The molecule has 0 radical (unpaired) electrons. The fourth-order valence-electron chi connectivity index (χ4n) is 2.92. The van der Waals surface area contributed by atoms with Gasteiger partial charge in [0, 0.05) is 19.0 Å². The molecule has 0 unspecified atom stereocenters. The van der Waals surface area contributed by atoms with E-state index in [4.69, 9.17) is 9.47 Å². The van der Waals surface area contributed by atoms with Crippen LogP contribution in [0.4, 0.5) is 0 Å². The van der Waals surface area contributed by atoms with Crippen LogP contribution in [0.15, 0.2) is 0 Å². The van der Waals surface area contributed by atoms with Gasteiger partial charge >= 0.3 is 0 Å². The van der Waals surface area contributed by atoms with Crippen LogP contribution in [-0.4, -0.2) is 62.4 Å². The highest BCUT2D eigenvalue weighted by atomic mass is 16.5. The zero-order valence-electron chi connectivity index (χ0n) is 10.8. The van der Waals surface area contributed by atoms with Crippen LogP contribution in [0, 0.1) is 5.92 Å². The molecule has 2 atom stereocenters. The molecule has 5 heteroatoms. The normalized spacial score (nSPS) is 34.2. The molecule has 18 heavy (non-hydrogen) atoms. The minimum atomic E-state index is 0.163. The van der Waals surface area contributed by atoms with Crippen LogP contribution in [-0.2, 0) is 14.3 Å². The Morgan fingerprint density at radius 1 is 1.11 bits per heavy atom. The molecule has 0 spiro atoms. The number of nitrogens with zero attached hydrogens (tertiary/aromatic N) is 1. The number of morpholine rings is 1. The fourth-order valence-corrected chi connectivity index (χ4v) is 2.92. The molecule has 2 heterocycles. The Labute approximate surface area is 108 Å². The highest BCUT2D eigenvalue weighted by Gasteiger charge is 2.36. The van der Waals surface area contributed by atoms with Gasteiger partial charge in [0.25, 0.3) is 0 Å². The third-order valence-corrected chi connectivity index (χ3v) is 4.37. The van der Waals surface area contributed by atoms with Crippen LogP contribution in [0.5, 0.6) is 0 Å². The summed E-state index contributed by atoms with van der Waals surface area (Å²) in [4.78, 5) is 14.4. The third kappa shape index (κ3) is 2.53. The second-order valence-electron chi connectivity index (χ2n) is 5.50. The zero-order chi connectivity index (χ0) is 12.4. The monoisotopic (exact) mass is 254 g/mol. The van der Waals surface area contributed by atoms with Gasteiger partial charge < -0.3 is 14.8 Å². The minimum absolute atomic E-state index is 0.163. The van der Waals surface area contributed by atoms with Crippen LogP contribution in [0.25, 0.3) is 0 Å².